The standard InChI is InChI=1S/C20H37NO2/c1-3-5-6-7-8-9-10-11-12-13-15-18-16-17-21(20(18)23)19(22)14-4-2/h18H,3-17H2,1-2H3. The van der Waals surface area contributed by atoms with Crippen molar-refractivity contribution in [1.29, 1.82) is 0 Å². The minimum Gasteiger partial charge on any atom is -0.282 e. The Morgan fingerprint density at radius 1 is 0.913 bits per heavy atom. The lowest BCUT2D eigenvalue weighted by molar-refractivity contribution is -0.143. The molecule has 1 aliphatic heterocycles. The van der Waals surface area contributed by atoms with Gasteiger partial charge in [0.1, 0.15) is 0 Å². The summed E-state index contributed by atoms with van der Waals surface area (Å²) in [6, 6.07) is 0. The molecule has 134 valence electrons. The van der Waals surface area contributed by atoms with Crippen molar-refractivity contribution in [3.8, 4) is 0 Å². The molecule has 0 N–H and O–H groups in total. The number of amides is 2. The van der Waals surface area contributed by atoms with Crippen LogP contribution in [0.1, 0.15) is 104 Å². The summed E-state index contributed by atoms with van der Waals surface area (Å²) in [5.74, 6) is 0.243. The van der Waals surface area contributed by atoms with Gasteiger partial charge >= 0.3 is 0 Å². The Hall–Kier alpha value is -0.860. The Morgan fingerprint density at radius 2 is 1.48 bits per heavy atom. The molecule has 0 aromatic carbocycles. The summed E-state index contributed by atoms with van der Waals surface area (Å²) in [4.78, 5) is 25.6. The third-order valence-electron chi connectivity index (χ3n) is 4.99. The monoisotopic (exact) mass is 323 g/mol. The maximum atomic E-state index is 12.2. The van der Waals surface area contributed by atoms with Crippen LogP contribution in [0, 0.1) is 5.92 Å². The fraction of sp³-hybridized carbons (Fsp3) is 0.900. The van der Waals surface area contributed by atoms with Crippen LogP contribution in [-0.4, -0.2) is 23.3 Å². The lowest BCUT2D eigenvalue weighted by Gasteiger charge is -2.14. The summed E-state index contributed by atoms with van der Waals surface area (Å²) in [6.45, 7) is 4.90. The highest BCUT2D eigenvalue weighted by Gasteiger charge is 2.34. The van der Waals surface area contributed by atoms with Crippen molar-refractivity contribution in [2.45, 2.75) is 104 Å². The van der Waals surface area contributed by atoms with Crippen molar-refractivity contribution in [2.24, 2.45) is 5.92 Å². The molecule has 0 aromatic heterocycles. The smallest absolute Gasteiger partial charge is 0.232 e. The predicted molar refractivity (Wildman–Crippen MR) is 96.2 cm³/mol. The highest BCUT2D eigenvalue weighted by atomic mass is 16.2. The van der Waals surface area contributed by atoms with Gasteiger partial charge in [0.05, 0.1) is 0 Å². The zero-order valence-electron chi connectivity index (χ0n) is 15.4. The highest BCUT2D eigenvalue weighted by Crippen LogP contribution is 2.25. The second-order valence-corrected chi connectivity index (χ2v) is 7.09. The predicted octanol–water partition coefficient (Wildman–Crippen LogP) is 5.47. The van der Waals surface area contributed by atoms with Crippen LogP contribution in [0.3, 0.4) is 0 Å². The molecule has 1 rings (SSSR count). The van der Waals surface area contributed by atoms with Crippen molar-refractivity contribution < 1.29 is 9.59 Å². The van der Waals surface area contributed by atoms with Crippen LogP contribution < -0.4 is 0 Å². The fourth-order valence-electron chi connectivity index (χ4n) is 3.48. The van der Waals surface area contributed by atoms with E-state index in [1.54, 1.807) is 0 Å². The van der Waals surface area contributed by atoms with E-state index in [1.807, 2.05) is 6.92 Å². The molecule has 3 heteroatoms. The molecule has 0 saturated carbocycles. The van der Waals surface area contributed by atoms with E-state index in [1.165, 1.54) is 62.7 Å². The summed E-state index contributed by atoms with van der Waals surface area (Å²) >= 11 is 0. The molecule has 1 atom stereocenters. The van der Waals surface area contributed by atoms with Gasteiger partial charge in [-0.25, -0.2) is 0 Å². The number of carbonyl (C=O) groups excluding carboxylic acids is 2. The molecular formula is C20H37NO2. The van der Waals surface area contributed by atoms with Crippen molar-refractivity contribution in [3.05, 3.63) is 0 Å². The fourth-order valence-corrected chi connectivity index (χ4v) is 3.48. The number of hydrogen-bond acceptors (Lipinski definition) is 2. The number of likely N-dealkylation sites (tertiary alicyclic amines) is 1. The summed E-state index contributed by atoms with van der Waals surface area (Å²) in [6.07, 6.45) is 16.5. The van der Waals surface area contributed by atoms with Gasteiger partial charge in [-0.3, -0.25) is 14.5 Å². The van der Waals surface area contributed by atoms with Gasteiger partial charge < -0.3 is 0 Å². The Bertz CT molecular complexity index is 341. The van der Waals surface area contributed by atoms with E-state index in [2.05, 4.69) is 6.92 Å². The largest absolute Gasteiger partial charge is 0.282 e. The van der Waals surface area contributed by atoms with Crippen LogP contribution in [0.15, 0.2) is 0 Å². The Balaban J connectivity index is 2.00. The van der Waals surface area contributed by atoms with Crippen LogP contribution in [0.25, 0.3) is 0 Å². The normalized spacial score (nSPS) is 17.9. The molecule has 1 fully saturated rings. The molecule has 0 radical (unpaired) electrons. The number of imide groups is 1. The molecule has 3 nitrogen and oxygen atoms in total. The molecule has 23 heavy (non-hydrogen) atoms. The van der Waals surface area contributed by atoms with Crippen LogP contribution in [-0.2, 0) is 9.59 Å². The molecule has 0 aliphatic carbocycles. The minimum atomic E-state index is 0.0306. The van der Waals surface area contributed by atoms with Gasteiger partial charge in [-0.05, 0) is 19.3 Å². The zero-order chi connectivity index (χ0) is 16.9. The van der Waals surface area contributed by atoms with Crippen molar-refractivity contribution in [1.82, 2.24) is 4.90 Å². The van der Waals surface area contributed by atoms with Gasteiger partial charge in [0.2, 0.25) is 11.8 Å². The van der Waals surface area contributed by atoms with E-state index < -0.39 is 0 Å². The number of carbonyl (C=O) groups is 2. The lowest BCUT2D eigenvalue weighted by Crippen LogP contribution is -2.33. The number of hydrogen-bond donors (Lipinski definition) is 0. The quantitative estimate of drug-likeness (QED) is 0.421. The van der Waals surface area contributed by atoms with E-state index in [0.29, 0.717) is 13.0 Å². The van der Waals surface area contributed by atoms with E-state index in [0.717, 1.165) is 25.7 Å². The zero-order valence-corrected chi connectivity index (χ0v) is 15.4. The maximum Gasteiger partial charge on any atom is 0.232 e. The van der Waals surface area contributed by atoms with Crippen molar-refractivity contribution in [3.63, 3.8) is 0 Å². The first-order chi connectivity index (χ1) is 11.2. The lowest BCUT2D eigenvalue weighted by atomic mass is 9.98. The molecule has 0 aromatic rings. The van der Waals surface area contributed by atoms with Crippen molar-refractivity contribution in [2.75, 3.05) is 6.54 Å². The molecule has 2 amide bonds. The van der Waals surface area contributed by atoms with Gasteiger partial charge in [0, 0.05) is 18.9 Å². The van der Waals surface area contributed by atoms with Gasteiger partial charge in [-0.1, -0.05) is 78.1 Å². The summed E-state index contributed by atoms with van der Waals surface area (Å²) < 4.78 is 0. The highest BCUT2D eigenvalue weighted by molar-refractivity contribution is 5.97. The minimum absolute atomic E-state index is 0.0306. The van der Waals surface area contributed by atoms with Crippen LogP contribution in [0.4, 0.5) is 0 Å². The van der Waals surface area contributed by atoms with Gasteiger partial charge in [0.25, 0.3) is 0 Å². The van der Waals surface area contributed by atoms with Crippen LogP contribution in [0.2, 0.25) is 0 Å². The van der Waals surface area contributed by atoms with E-state index in [9.17, 15) is 9.59 Å². The Morgan fingerprint density at radius 3 is 2.04 bits per heavy atom. The second kappa shape index (κ2) is 12.5. The van der Waals surface area contributed by atoms with E-state index in [-0.39, 0.29) is 17.7 Å². The maximum absolute atomic E-state index is 12.2. The molecule has 1 saturated heterocycles. The summed E-state index contributed by atoms with van der Waals surface area (Å²) in [5.41, 5.74) is 0. The second-order valence-electron chi connectivity index (χ2n) is 7.09. The SMILES string of the molecule is CCCCCCCCCCCCC1CCN(C(=O)CCC)C1=O. The summed E-state index contributed by atoms with van der Waals surface area (Å²) in [7, 11) is 0. The molecule has 1 heterocycles. The first-order valence-corrected chi connectivity index (χ1v) is 10.0. The Labute approximate surface area is 143 Å². The third kappa shape index (κ3) is 7.99. The van der Waals surface area contributed by atoms with Crippen LogP contribution in [0.5, 0.6) is 0 Å². The van der Waals surface area contributed by atoms with Crippen molar-refractivity contribution >= 4 is 11.8 Å². The van der Waals surface area contributed by atoms with Crippen LogP contribution >= 0.6 is 0 Å². The first-order valence-electron chi connectivity index (χ1n) is 10.0. The van der Waals surface area contributed by atoms with Gasteiger partial charge in [-0.15, -0.1) is 0 Å². The molecule has 0 spiro atoms. The van der Waals surface area contributed by atoms with Gasteiger partial charge in [-0.2, -0.15) is 0 Å². The molecular weight excluding hydrogens is 286 g/mol. The Kier molecular flexibility index (Phi) is 11.0. The third-order valence-corrected chi connectivity index (χ3v) is 4.99. The molecule has 1 unspecified atom stereocenters. The molecule has 0 bridgehead atoms. The average Bonchev–Trinajstić information content (AvgIpc) is 2.90. The molecule has 1 aliphatic rings. The number of rotatable bonds is 13. The summed E-state index contributed by atoms with van der Waals surface area (Å²) in [5, 5.41) is 0. The van der Waals surface area contributed by atoms with Gasteiger partial charge in [0.15, 0.2) is 0 Å². The first kappa shape index (κ1) is 20.2. The van der Waals surface area contributed by atoms with E-state index >= 15 is 0 Å². The number of nitrogens with zero attached hydrogens (tertiary/aromatic N) is 1. The van der Waals surface area contributed by atoms with E-state index in [4.69, 9.17) is 0 Å². The topological polar surface area (TPSA) is 37.4 Å². The number of unbranched alkanes of at least 4 members (excludes halogenated alkanes) is 9. The average molecular weight is 324 g/mol.